The molecule has 1 atom stereocenters. The zero-order chi connectivity index (χ0) is 16.4. The molecule has 23 heavy (non-hydrogen) atoms. The number of carbonyl (C=O) groups is 1. The minimum atomic E-state index is -4.74. The molecule has 1 amide bonds. The van der Waals surface area contributed by atoms with E-state index in [1.165, 1.54) is 12.1 Å². The largest absolute Gasteiger partial charge is 0.573 e. The van der Waals surface area contributed by atoms with Crippen LogP contribution < -0.4 is 14.8 Å². The Morgan fingerprint density at radius 2 is 1.83 bits per heavy atom. The van der Waals surface area contributed by atoms with Gasteiger partial charge in [-0.3, -0.25) is 4.79 Å². The monoisotopic (exact) mass is 323 g/mol. The van der Waals surface area contributed by atoms with E-state index in [9.17, 15) is 18.0 Å². The average molecular weight is 323 g/mol. The molecular weight excluding hydrogens is 311 g/mol. The summed E-state index contributed by atoms with van der Waals surface area (Å²) in [5.41, 5.74) is 1.31. The van der Waals surface area contributed by atoms with E-state index in [1.54, 1.807) is 6.07 Å². The van der Waals surface area contributed by atoms with Gasteiger partial charge < -0.3 is 14.8 Å². The highest BCUT2D eigenvalue weighted by Crippen LogP contribution is 2.29. The van der Waals surface area contributed by atoms with Gasteiger partial charge in [-0.2, -0.15) is 0 Å². The van der Waals surface area contributed by atoms with Gasteiger partial charge in [-0.05, 0) is 35.9 Å². The van der Waals surface area contributed by atoms with Gasteiger partial charge in [0.15, 0.2) is 6.10 Å². The summed E-state index contributed by atoms with van der Waals surface area (Å²) in [7, 11) is 0. The Kier molecular flexibility index (Phi) is 3.85. The van der Waals surface area contributed by atoms with Gasteiger partial charge in [-0.1, -0.05) is 18.2 Å². The van der Waals surface area contributed by atoms with Crippen LogP contribution in [0.1, 0.15) is 5.56 Å². The molecule has 0 saturated carbocycles. The average Bonchev–Trinajstić information content (AvgIpc) is 2.92. The van der Waals surface area contributed by atoms with Crippen LogP contribution in [0.25, 0.3) is 0 Å². The minimum absolute atomic E-state index is 0.347. The fourth-order valence-electron chi connectivity index (χ4n) is 2.29. The highest BCUT2D eigenvalue weighted by molar-refractivity contribution is 5.95. The number of nitrogens with one attached hydrogen (secondary N) is 1. The van der Waals surface area contributed by atoms with Crippen molar-refractivity contribution in [2.24, 2.45) is 0 Å². The molecule has 1 aliphatic heterocycles. The van der Waals surface area contributed by atoms with Crippen LogP contribution in [0.4, 0.5) is 18.9 Å². The number of rotatable bonds is 3. The maximum atomic E-state index is 12.1. The molecule has 0 saturated heterocycles. The van der Waals surface area contributed by atoms with Crippen molar-refractivity contribution in [1.29, 1.82) is 0 Å². The number of hydrogen-bond donors (Lipinski definition) is 1. The lowest BCUT2D eigenvalue weighted by Crippen LogP contribution is -2.31. The standard InChI is InChI=1S/C16H12F3NO3/c17-16(18,19)23-12-7-5-11(6-8-12)20-15(21)14-9-10-3-1-2-4-13(10)22-14/h1-8,14H,9H2,(H,20,21)/t14-/m1/s1. The second-order valence-electron chi connectivity index (χ2n) is 4.98. The third kappa shape index (κ3) is 3.74. The Morgan fingerprint density at radius 1 is 1.13 bits per heavy atom. The van der Waals surface area contributed by atoms with E-state index in [0.29, 0.717) is 17.9 Å². The molecule has 1 heterocycles. The summed E-state index contributed by atoms with van der Waals surface area (Å²) in [6, 6.07) is 12.3. The number of anilines is 1. The van der Waals surface area contributed by atoms with Crippen molar-refractivity contribution < 1.29 is 27.4 Å². The van der Waals surface area contributed by atoms with Crippen LogP contribution in [0, 0.1) is 0 Å². The van der Waals surface area contributed by atoms with E-state index in [0.717, 1.165) is 17.7 Å². The van der Waals surface area contributed by atoms with Crippen LogP contribution in [0.3, 0.4) is 0 Å². The van der Waals surface area contributed by atoms with Gasteiger partial charge in [0.1, 0.15) is 11.5 Å². The number of benzene rings is 2. The Hall–Kier alpha value is -2.70. The third-order valence-corrected chi connectivity index (χ3v) is 3.30. The second-order valence-corrected chi connectivity index (χ2v) is 4.98. The lowest BCUT2D eigenvalue weighted by Gasteiger charge is -2.12. The minimum Gasteiger partial charge on any atom is -0.480 e. The molecule has 2 aromatic rings. The topological polar surface area (TPSA) is 47.6 Å². The third-order valence-electron chi connectivity index (χ3n) is 3.30. The van der Waals surface area contributed by atoms with Gasteiger partial charge in [-0.15, -0.1) is 13.2 Å². The highest BCUT2D eigenvalue weighted by atomic mass is 19.4. The van der Waals surface area contributed by atoms with Gasteiger partial charge >= 0.3 is 6.36 Å². The molecule has 120 valence electrons. The van der Waals surface area contributed by atoms with Crippen LogP contribution in [-0.2, 0) is 11.2 Å². The fraction of sp³-hybridized carbons (Fsp3) is 0.188. The normalized spacial score (nSPS) is 16.4. The number of ether oxygens (including phenoxy) is 2. The first kappa shape index (κ1) is 15.2. The molecule has 0 bridgehead atoms. The number of halogens is 3. The molecule has 0 unspecified atom stereocenters. The van der Waals surface area contributed by atoms with Crippen molar-refractivity contribution >= 4 is 11.6 Å². The molecule has 1 N–H and O–H groups in total. The maximum absolute atomic E-state index is 12.1. The summed E-state index contributed by atoms with van der Waals surface area (Å²) in [5, 5.41) is 2.61. The van der Waals surface area contributed by atoms with Gasteiger partial charge in [-0.25, -0.2) is 0 Å². The molecule has 0 spiro atoms. The lowest BCUT2D eigenvalue weighted by molar-refractivity contribution is -0.274. The molecule has 0 aliphatic carbocycles. The van der Waals surface area contributed by atoms with Crippen molar-refractivity contribution in [2.75, 3.05) is 5.32 Å². The first-order valence-corrected chi connectivity index (χ1v) is 6.82. The first-order valence-electron chi connectivity index (χ1n) is 6.82. The predicted octanol–water partition coefficient (Wildman–Crippen LogP) is 3.53. The summed E-state index contributed by atoms with van der Waals surface area (Å²) in [5.74, 6) is -0.0349. The van der Waals surface area contributed by atoms with E-state index in [2.05, 4.69) is 10.1 Å². The summed E-state index contributed by atoms with van der Waals surface area (Å²) in [6.07, 6.45) is -4.94. The van der Waals surface area contributed by atoms with Gasteiger partial charge in [0.2, 0.25) is 0 Å². The predicted molar refractivity (Wildman–Crippen MR) is 76.3 cm³/mol. The Morgan fingerprint density at radius 3 is 2.48 bits per heavy atom. The van der Waals surface area contributed by atoms with Crippen LogP contribution in [-0.4, -0.2) is 18.4 Å². The van der Waals surface area contributed by atoms with Crippen molar-refractivity contribution in [2.45, 2.75) is 18.9 Å². The summed E-state index contributed by atoms with van der Waals surface area (Å²) < 4.78 is 45.5. The Bertz CT molecular complexity index is 688. The van der Waals surface area contributed by atoms with E-state index in [4.69, 9.17) is 4.74 Å². The second kappa shape index (κ2) is 5.83. The van der Waals surface area contributed by atoms with E-state index in [-0.39, 0.29) is 11.7 Å². The van der Waals surface area contributed by atoms with Crippen molar-refractivity contribution in [3.05, 3.63) is 54.1 Å². The van der Waals surface area contributed by atoms with Crippen LogP contribution in [0.5, 0.6) is 11.5 Å². The first-order chi connectivity index (χ1) is 10.9. The van der Waals surface area contributed by atoms with E-state index >= 15 is 0 Å². The number of para-hydroxylation sites is 1. The Balaban J connectivity index is 1.61. The maximum Gasteiger partial charge on any atom is 0.573 e. The van der Waals surface area contributed by atoms with Crippen molar-refractivity contribution in [3.63, 3.8) is 0 Å². The van der Waals surface area contributed by atoms with Crippen molar-refractivity contribution in [1.82, 2.24) is 0 Å². The van der Waals surface area contributed by atoms with Crippen LogP contribution in [0.2, 0.25) is 0 Å². The SMILES string of the molecule is O=C(Nc1ccc(OC(F)(F)F)cc1)[C@H]1Cc2ccccc2O1. The molecular formula is C16H12F3NO3. The zero-order valence-corrected chi connectivity index (χ0v) is 11.8. The van der Waals surface area contributed by atoms with Crippen molar-refractivity contribution in [3.8, 4) is 11.5 Å². The van der Waals surface area contributed by atoms with E-state index < -0.39 is 12.5 Å². The molecule has 4 nitrogen and oxygen atoms in total. The smallest absolute Gasteiger partial charge is 0.480 e. The van der Waals surface area contributed by atoms with Gasteiger partial charge in [0.05, 0.1) is 0 Å². The Labute approximate surface area is 129 Å². The fourth-order valence-corrected chi connectivity index (χ4v) is 2.29. The molecule has 2 aromatic carbocycles. The molecule has 3 rings (SSSR count). The van der Waals surface area contributed by atoms with Gasteiger partial charge in [0, 0.05) is 12.1 Å². The number of amides is 1. The molecule has 0 aromatic heterocycles. The highest BCUT2D eigenvalue weighted by Gasteiger charge is 2.31. The number of alkyl halides is 3. The summed E-state index contributed by atoms with van der Waals surface area (Å²) in [4.78, 5) is 12.1. The van der Waals surface area contributed by atoms with Crippen LogP contribution in [0.15, 0.2) is 48.5 Å². The number of carbonyl (C=O) groups excluding carboxylic acids is 1. The molecule has 0 fully saturated rings. The molecule has 0 radical (unpaired) electrons. The molecule has 7 heteroatoms. The number of fused-ring (bicyclic) bond motifs is 1. The zero-order valence-electron chi connectivity index (χ0n) is 11.8. The van der Waals surface area contributed by atoms with Crippen LogP contribution >= 0.6 is 0 Å². The van der Waals surface area contributed by atoms with E-state index in [1.807, 2.05) is 18.2 Å². The molecule has 1 aliphatic rings. The summed E-state index contributed by atoms with van der Waals surface area (Å²) in [6.45, 7) is 0. The summed E-state index contributed by atoms with van der Waals surface area (Å²) >= 11 is 0. The van der Waals surface area contributed by atoms with Gasteiger partial charge in [0.25, 0.3) is 5.91 Å². The quantitative estimate of drug-likeness (QED) is 0.940. The number of hydrogen-bond acceptors (Lipinski definition) is 3. The lowest BCUT2D eigenvalue weighted by atomic mass is 10.1.